The Labute approximate surface area is 169 Å². The number of amides is 1. The summed E-state index contributed by atoms with van der Waals surface area (Å²) in [6, 6.07) is 8.80. The summed E-state index contributed by atoms with van der Waals surface area (Å²) in [7, 11) is -4.09. The van der Waals surface area contributed by atoms with Crippen LogP contribution in [0.25, 0.3) is 10.9 Å². The molecule has 0 atom stereocenters. The first-order valence-corrected chi connectivity index (χ1v) is 11.0. The van der Waals surface area contributed by atoms with Crippen LogP contribution in [0.4, 0.5) is 4.39 Å². The van der Waals surface area contributed by atoms with Crippen molar-refractivity contribution < 1.29 is 17.6 Å². The van der Waals surface area contributed by atoms with Crippen molar-refractivity contribution in [3.05, 3.63) is 65.1 Å². The fraction of sp³-hybridized carbons (Fsp3) is 0.273. The zero-order valence-electron chi connectivity index (χ0n) is 16.3. The minimum atomic E-state index is -4.09. The number of sulfone groups is 1. The first kappa shape index (κ1) is 19.5. The summed E-state index contributed by atoms with van der Waals surface area (Å²) in [6.45, 7) is 4.77. The fourth-order valence-electron chi connectivity index (χ4n) is 3.88. The number of carbonyl (C=O) groups excluding carboxylic acids is 1. The van der Waals surface area contributed by atoms with Gasteiger partial charge in [-0.2, -0.15) is 0 Å². The van der Waals surface area contributed by atoms with Crippen molar-refractivity contribution in [2.45, 2.75) is 36.5 Å². The molecule has 2 aromatic carbocycles. The Kier molecular flexibility index (Phi) is 4.86. The standard InChI is InChI=1S/C22H21FN2O3S/c1-14-9-15(2)11-17(10-14)29(27,28)21-18-12-16(23)5-6-20(18)24-13-19(21)22(26)25-7-3-4-8-25/h5-6,9-13H,3-4,7-8H2,1-2H3. The zero-order chi connectivity index (χ0) is 20.8. The van der Waals surface area contributed by atoms with E-state index in [1.54, 1.807) is 17.0 Å². The van der Waals surface area contributed by atoms with Crippen LogP contribution in [0.5, 0.6) is 0 Å². The smallest absolute Gasteiger partial charge is 0.256 e. The van der Waals surface area contributed by atoms with Crippen LogP contribution in [0, 0.1) is 19.7 Å². The molecule has 0 spiro atoms. The number of fused-ring (bicyclic) bond motifs is 1. The van der Waals surface area contributed by atoms with Gasteiger partial charge in [0.15, 0.2) is 0 Å². The summed E-state index contributed by atoms with van der Waals surface area (Å²) >= 11 is 0. The van der Waals surface area contributed by atoms with Crippen molar-refractivity contribution >= 4 is 26.6 Å². The van der Waals surface area contributed by atoms with Crippen LogP contribution in [-0.4, -0.2) is 37.3 Å². The van der Waals surface area contributed by atoms with Gasteiger partial charge in [-0.05, 0) is 68.1 Å². The molecule has 1 aromatic heterocycles. The van der Waals surface area contributed by atoms with Gasteiger partial charge in [-0.15, -0.1) is 0 Å². The highest BCUT2D eigenvalue weighted by Gasteiger charge is 2.31. The quantitative estimate of drug-likeness (QED) is 0.651. The van der Waals surface area contributed by atoms with E-state index in [1.165, 1.54) is 18.3 Å². The van der Waals surface area contributed by atoms with Gasteiger partial charge < -0.3 is 4.90 Å². The number of likely N-dealkylation sites (tertiary alicyclic amines) is 1. The Morgan fingerprint density at radius 1 is 1.03 bits per heavy atom. The molecule has 0 saturated carbocycles. The molecule has 29 heavy (non-hydrogen) atoms. The summed E-state index contributed by atoms with van der Waals surface area (Å²) in [6.07, 6.45) is 3.05. The minimum absolute atomic E-state index is 0.0100. The average Bonchev–Trinajstić information content (AvgIpc) is 3.20. The van der Waals surface area contributed by atoms with E-state index in [1.807, 2.05) is 19.9 Å². The second-order valence-electron chi connectivity index (χ2n) is 7.49. The molecule has 0 bridgehead atoms. The molecular formula is C22H21FN2O3S. The van der Waals surface area contributed by atoms with Gasteiger partial charge in [-0.1, -0.05) is 6.07 Å². The van der Waals surface area contributed by atoms with E-state index < -0.39 is 15.7 Å². The molecule has 0 aliphatic carbocycles. The van der Waals surface area contributed by atoms with Gasteiger partial charge in [0.05, 0.1) is 20.9 Å². The lowest BCUT2D eigenvalue weighted by Gasteiger charge is -2.19. The van der Waals surface area contributed by atoms with Gasteiger partial charge in [0.2, 0.25) is 9.84 Å². The van der Waals surface area contributed by atoms with Crippen LogP contribution < -0.4 is 0 Å². The number of nitrogens with zero attached hydrogens (tertiary/aromatic N) is 2. The first-order chi connectivity index (χ1) is 13.8. The number of pyridine rings is 1. The number of carbonyl (C=O) groups is 1. The number of aromatic nitrogens is 1. The third-order valence-electron chi connectivity index (χ3n) is 5.18. The van der Waals surface area contributed by atoms with Crippen molar-refractivity contribution in [2.24, 2.45) is 0 Å². The maximum Gasteiger partial charge on any atom is 0.256 e. The van der Waals surface area contributed by atoms with Crippen LogP contribution in [0.2, 0.25) is 0 Å². The molecule has 1 fully saturated rings. The molecule has 1 saturated heterocycles. The predicted octanol–water partition coefficient (Wildman–Crippen LogP) is 4.06. The summed E-state index contributed by atoms with van der Waals surface area (Å²) in [5.74, 6) is -0.967. The van der Waals surface area contributed by atoms with E-state index in [0.29, 0.717) is 18.6 Å². The normalized spacial score (nSPS) is 14.5. The Balaban J connectivity index is 2.03. The van der Waals surface area contributed by atoms with Crippen molar-refractivity contribution in [1.29, 1.82) is 0 Å². The van der Waals surface area contributed by atoms with Crippen molar-refractivity contribution in [3.8, 4) is 0 Å². The van der Waals surface area contributed by atoms with Gasteiger partial charge in [0, 0.05) is 24.7 Å². The molecule has 0 N–H and O–H groups in total. The van der Waals surface area contributed by atoms with E-state index >= 15 is 0 Å². The topological polar surface area (TPSA) is 67.3 Å². The van der Waals surface area contributed by atoms with E-state index in [-0.39, 0.29) is 26.6 Å². The van der Waals surface area contributed by atoms with Gasteiger partial charge in [-0.3, -0.25) is 9.78 Å². The van der Waals surface area contributed by atoms with E-state index in [0.717, 1.165) is 30.0 Å². The van der Waals surface area contributed by atoms with E-state index in [9.17, 15) is 17.6 Å². The van der Waals surface area contributed by atoms with Gasteiger partial charge in [0.25, 0.3) is 5.91 Å². The maximum absolute atomic E-state index is 14.1. The maximum atomic E-state index is 14.1. The number of hydrogen-bond acceptors (Lipinski definition) is 4. The van der Waals surface area contributed by atoms with Crippen molar-refractivity contribution in [1.82, 2.24) is 9.88 Å². The van der Waals surface area contributed by atoms with Crippen LogP contribution in [-0.2, 0) is 9.84 Å². The SMILES string of the molecule is Cc1cc(C)cc(S(=O)(=O)c2c(C(=O)N3CCCC3)cnc3ccc(F)cc23)c1. The molecule has 3 aromatic rings. The summed E-state index contributed by atoms with van der Waals surface area (Å²) in [4.78, 5) is 18.9. The lowest BCUT2D eigenvalue weighted by molar-refractivity contribution is 0.0789. The van der Waals surface area contributed by atoms with Crippen LogP contribution >= 0.6 is 0 Å². The largest absolute Gasteiger partial charge is 0.339 e. The lowest BCUT2D eigenvalue weighted by Crippen LogP contribution is -2.29. The molecule has 7 heteroatoms. The molecule has 150 valence electrons. The molecule has 4 rings (SSSR count). The molecule has 1 amide bonds. The Hall–Kier alpha value is -2.80. The average molecular weight is 412 g/mol. The fourth-order valence-corrected chi connectivity index (χ4v) is 5.68. The Morgan fingerprint density at radius 3 is 2.34 bits per heavy atom. The minimum Gasteiger partial charge on any atom is -0.339 e. The highest BCUT2D eigenvalue weighted by Crippen LogP contribution is 2.33. The van der Waals surface area contributed by atoms with Crippen LogP contribution in [0.1, 0.15) is 34.3 Å². The molecular weight excluding hydrogens is 391 g/mol. The van der Waals surface area contributed by atoms with Gasteiger partial charge in [0.1, 0.15) is 5.82 Å². The van der Waals surface area contributed by atoms with E-state index in [4.69, 9.17) is 0 Å². The summed E-state index contributed by atoms with van der Waals surface area (Å²) in [5.41, 5.74) is 1.90. The number of benzene rings is 2. The first-order valence-electron chi connectivity index (χ1n) is 9.48. The van der Waals surface area contributed by atoms with Crippen LogP contribution in [0.3, 0.4) is 0 Å². The Morgan fingerprint density at radius 2 is 1.69 bits per heavy atom. The van der Waals surface area contributed by atoms with Gasteiger partial charge >= 0.3 is 0 Å². The second kappa shape index (κ2) is 7.22. The number of hydrogen-bond donors (Lipinski definition) is 0. The second-order valence-corrected chi connectivity index (χ2v) is 9.38. The van der Waals surface area contributed by atoms with Crippen LogP contribution in [0.15, 0.2) is 52.4 Å². The highest BCUT2D eigenvalue weighted by molar-refractivity contribution is 7.91. The molecule has 1 aliphatic rings. The Bertz CT molecular complexity index is 1210. The third kappa shape index (κ3) is 3.51. The monoisotopic (exact) mass is 412 g/mol. The number of rotatable bonds is 3. The van der Waals surface area contributed by atoms with Crippen molar-refractivity contribution in [2.75, 3.05) is 13.1 Å². The molecule has 0 radical (unpaired) electrons. The summed E-state index contributed by atoms with van der Waals surface area (Å²) < 4.78 is 41.4. The lowest BCUT2D eigenvalue weighted by atomic mass is 10.1. The molecule has 5 nitrogen and oxygen atoms in total. The third-order valence-corrected chi connectivity index (χ3v) is 7.01. The molecule has 0 unspecified atom stereocenters. The van der Waals surface area contributed by atoms with E-state index in [2.05, 4.69) is 4.98 Å². The van der Waals surface area contributed by atoms with Crippen molar-refractivity contribution in [3.63, 3.8) is 0 Å². The molecule has 1 aliphatic heterocycles. The number of aryl methyl sites for hydroxylation is 2. The molecule has 2 heterocycles. The predicted molar refractivity (Wildman–Crippen MR) is 108 cm³/mol. The summed E-state index contributed by atoms with van der Waals surface area (Å²) in [5, 5.41) is 0.120. The highest BCUT2D eigenvalue weighted by atomic mass is 32.2. The number of halogens is 1. The van der Waals surface area contributed by atoms with Gasteiger partial charge in [-0.25, -0.2) is 12.8 Å². The zero-order valence-corrected chi connectivity index (χ0v) is 17.1.